The number of hydrogen-bond acceptors (Lipinski definition) is 2. The first-order valence-corrected chi connectivity index (χ1v) is 12.1. The van der Waals surface area contributed by atoms with Crippen molar-refractivity contribution in [2.24, 2.45) is 10.9 Å². The standard InChI is InChI=1S/C28H37N3/c1-3-22-11-14-28-27(17-22)26(20-31-28)15-16-30-21(2)25-12-9-24(10-13-25)19-29-18-23-7-5-4-6-8-23/h9-14,17,20,23,29,31H,3-8,15-16,18-19H2,1-2H3. The van der Waals surface area contributed by atoms with Crippen molar-refractivity contribution >= 4 is 16.6 Å². The van der Waals surface area contributed by atoms with E-state index in [4.69, 9.17) is 4.99 Å². The fourth-order valence-corrected chi connectivity index (χ4v) is 4.76. The van der Waals surface area contributed by atoms with Crippen molar-refractivity contribution in [2.75, 3.05) is 13.1 Å². The first-order valence-electron chi connectivity index (χ1n) is 12.1. The Bertz CT molecular complexity index is 991. The molecule has 0 aliphatic heterocycles. The molecule has 0 unspecified atom stereocenters. The Morgan fingerprint density at radius 3 is 2.58 bits per heavy atom. The second-order valence-corrected chi connectivity index (χ2v) is 9.10. The molecule has 1 aliphatic carbocycles. The lowest BCUT2D eigenvalue weighted by molar-refractivity contribution is 0.342. The monoisotopic (exact) mass is 415 g/mol. The summed E-state index contributed by atoms with van der Waals surface area (Å²) in [5, 5.41) is 5.00. The summed E-state index contributed by atoms with van der Waals surface area (Å²) >= 11 is 0. The second kappa shape index (κ2) is 10.8. The zero-order chi connectivity index (χ0) is 21.5. The molecule has 3 nitrogen and oxygen atoms in total. The summed E-state index contributed by atoms with van der Waals surface area (Å²) in [4.78, 5) is 8.26. The predicted octanol–water partition coefficient (Wildman–Crippen LogP) is 6.45. The molecule has 1 aliphatic rings. The van der Waals surface area contributed by atoms with Crippen molar-refractivity contribution in [3.05, 3.63) is 70.9 Å². The van der Waals surface area contributed by atoms with Crippen molar-refractivity contribution in [1.82, 2.24) is 10.3 Å². The van der Waals surface area contributed by atoms with Gasteiger partial charge in [-0.3, -0.25) is 4.99 Å². The number of aryl methyl sites for hydroxylation is 1. The van der Waals surface area contributed by atoms with Crippen LogP contribution in [0.4, 0.5) is 0 Å². The minimum atomic E-state index is 0.819. The lowest BCUT2D eigenvalue weighted by Crippen LogP contribution is -2.24. The second-order valence-electron chi connectivity index (χ2n) is 9.10. The number of H-pyrrole nitrogens is 1. The van der Waals surface area contributed by atoms with Crippen LogP contribution in [0.25, 0.3) is 10.9 Å². The summed E-state index contributed by atoms with van der Waals surface area (Å²) in [7, 11) is 0. The predicted molar refractivity (Wildman–Crippen MR) is 133 cm³/mol. The minimum absolute atomic E-state index is 0.819. The van der Waals surface area contributed by atoms with Gasteiger partial charge in [0.1, 0.15) is 0 Å². The average Bonchev–Trinajstić information content (AvgIpc) is 3.22. The summed E-state index contributed by atoms with van der Waals surface area (Å²) in [5.74, 6) is 0.883. The molecule has 1 fully saturated rings. The Hall–Kier alpha value is -2.39. The lowest BCUT2D eigenvalue weighted by atomic mass is 9.89. The van der Waals surface area contributed by atoms with Gasteiger partial charge in [-0.05, 0) is 79.5 Å². The van der Waals surface area contributed by atoms with Gasteiger partial charge in [-0.2, -0.15) is 0 Å². The van der Waals surface area contributed by atoms with Gasteiger partial charge in [0.15, 0.2) is 0 Å². The molecule has 0 spiro atoms. The minimum Gasteiger partial charge on any atom is -0.361 e. The largest absolute Gasteiger partial charge is 0.361 e. The third-order valence-corrected chi connectivity index (χ3v) is 6.83. The summed E-state index contributed by atoms with van der Waals surface area (Å²) in [6.45, 7) is 7.28. The quantitative estimate of drug-likeness (QED) is 0.387. The van der Waals surface area contributed by atoms with Gasteiger partial charge in [0.05, 0.1) is 0 Å². The maximum Gasteiger partial charge on any atom is 0.0456 e. The van der Waals surface area contributed by atoms with Gasteiger partial charge in [0, 0.05) is 35.9 Å². The number of aromatic nitrogens is 1. The molecule has 0 radical (unpaired) electrons. The van der Waals surface area contributed by atoms with Crippen LogP contribution in [0.15, 0.2) is 53.7 Å². The van der Waals surface area contributed by atoms with Crippen LogP contribution in [0.2, 0.25) is 0 Å². The Labute approximate surface area is 187 Å². The smallest absolute Gasteiger partial charge is 0.0456 e. The van der Waals surface area contributed by atoms with Crippen LogP contribution >= 0.6 is 0 Å². The molecule has 4 rings (SSSR count). The topological polar surface area (TPSA) is 40.2 Å². The van der Waals surface area contributed by atoms with Gasteiger partial charge in [-0.25, -0.2) is 0 Å². The highest BCUT2D eigenvalue weighted by molar-refractivity contribution is 5.98. The first-order chi connectivity index (χ1) is 15.2. The van der Waals surface area contributed by atoms with E-state index in [2.05, 4.69) is 72.8 Å². The van der Waals surface area contributed by atoms with Gasteiger partial charge in [-0.15, -0.1) is 0 Å². The van der Waals surface area contributed by atoms with Crippen molar-refractivity contribution in [1.29, 1.82) is 0 Å². The highest BCUT2D eigenvalue weighted by Gasteiger charge is 2.12. The summed E-state index contributed by atoms with van der Waals surface area (Å²) in [5.41, 5.74) is 7.68. The number of fused-ring (bicyclic) bond motifs is 1. The number of benzene rings is 2. The molecular weight excluding hydrogens is 378 g/mol. The van der Waals surface area contributed by atoms with Crippen molar-refractivity contribution in [3.63, 3.8) is 0 Å². The highest BCUT2D eigenvalue weighted by Crippen LogP contribution is 2.23. The summed E-state index contributed by atoms with van der Waals surface area (Å²) < 4.78 is 0. The van der Waals surface area contributed by atoms with E-state index >= 15 is 0 Å². The molecule has 3 aromatic rings. The van der Waals surface area contributed by atoms with Gasteiger partial charge in [0.2, 0.25) is 0 Å². The SMILES string of the molecule is CCc1ccc2[nH]cc(CCN=C(C)c3ccc(CNCC4CCCCC4)cc3)c2c1. The summed E-state index contributed by atoms with van der Waals surface area (Å²) in [6.07, 6.45) is 11.3. The van der Waals surface area contributed by atoms with Crippen LogP contribution in [0, 0.1) is 5.92 Å². The van der Waals surface area contributed by atoms with Crippen LogP contribution in [0.5, 0.6) is 0 Å². The molecule has 31 heavy (non-hydrogen) atoms. The first kappa shape index (κ1) is 21.8. The zero-order valence-corrected chi connectivity index (χ0v) is 19.2. The molecule has 2 aromatic carbocycles. The molecule has 164 valence electrons. The summed E-state index contributed by atoms with van der Waals surface area (Å²) in [6, 6.07) is 15.6. The molecule has 3 heteroatoms. The van der Waals surface area contributed by atoms with Crippen molar-refractivity contribution < 1.29 is 0 Å². The Kier molecular flexibility index (Phi) is 7.58. The van der Waals surface area contributed by atoms with Gasteiger partial charge in [0.25, 0.3) is 0 Å². The normalized spacial score (nSPS) is 15.6. The van der Waals surface area contributed by atoms with Crippen LogP contribution in [-0.2, 0) is 19.4 Å². The molecule has 1 aromatic heterocycles. The molecule has 1 heterocycles. The molecule has 2 N–H and O–H groups in total. The van der Waals surface area contributed by atoms with Crippen LogP contribution in [0.3, 0.4) is 0 Å². The number of aliphatic imine (C=N–C) groups is 1. The van der Waals surface area contributed by atoms with Crippen LogP contribution in [0.1, 0.15) is 68.2 Å². The fraction of sp³-hybridized carbons (Fsp3) is 0.464. The van der Waals surface area contributed by atoms with Gasteiger partial charge in [-0.1, -0.05) is 56.5 Å². The van der Waals surface area contributed by atoms with E-state index in [1.807, 2.05) is 0 Å². The van der Waals surface area contributed by atoms with Crippen LogP contribution < -0.4 is 5.32 Å². The van der Waals surface area contributed by atoms with Gasteiger partial charge >= 0.3 is 0 Å². The van der Waals surface area contributed by atoms with E-state index in [0.29, 0.717) is 0 Å². The number of nitrogens with zero attached hydrogens (tertiary/aromatic N) is 1. The Balaban J connectivity index is 1.28. The van der Waals surface area contributed by atoms with E-state index < -0.39 is 0 Å². The number of hydrogen-bond donors (Lipinski definition) is 2. The third kappa shape index (κ3) is 5.86. The van der Waals surface area contributed by atoms with E-state index in [9.17, 15) is 0 Å². The number of aromatic amines is 1. The highest BCUT2D eigenvalue weighted by atomic mass is 14.9. The molecule has 0 atom stereocenters. The lowest BCUT2D eigenvalue weighted by Gasteiger charge is -2.21. The van der Waals surface area contributed by atoms with E-state index in [1.165, 1.54) is 65.3 Å². The molecule has 0 bridgehead atoms. The van der Waals surface area contributed by atoms with Gasteiger partial charge < -0.3 is 10.3 Å². The third-order valence-electron chi connectivity index (χ3n) is 6.83. The maximum absolute atomic E-state index is 4.86. The van der Waals surface area contributed by atoms with E-state index in [0.717, 1.165) is 44.1 Å². The zero-order valence-electron chi connectivity index (χ0n) is 19.2. The maximum atomic E-state index is 4.86. The molecular formula is C28H37N3. The number of rotatable bonds is 9. The Morgan fingerprint density at radius 1 is 1.03 bits per heavy atom. The van der Waals surface area contributed by atoms with E-state index in [-0.39, 0.29) is 0 Å². The van der Waals surface area contributed by atoms with Crippen molar-refractivity contribution in [3.8, 4) is 0 Å². The molecule has 0 amide bonds. The number of nitrogens with one attached hydrogen (secondary N) is 2. The van der Waals surface area contributed by atoms with E-state index in [1.54, 1.807) is 0 Å². The Morgan fingerprint density at radius 2 is 1.81 bits per heavy atom. The molecule has 1 saturated carbocycles. The van der Waals surface area contributed by atoms with Crippen molar-refractivity contribution in [2.45, 2.75) is 65.3 Å². The fourth-order valence-electron chi connectivity index (χ4n) is 4.76. The molecule has 0 saturated heterocycles. The van der Waals surface area contributed by atoms with Crippen LogP contribution in [-0.4, -0.2) is 23.8 Å². The average molecular weight is 416 g/mol.